The first-order chi connectivity index (χ1) is 23.9. The Morgan fingerprint density at radius 2 is 1.70 bits per heavy atom. The Labute approximate surface area is 290 Å². The van der Waals surface area contributed by atoms with E-state index in [9.17, 15) is 24.3 Å². The number of nitrogens with two attached hydrogens (primary N) is 1. The van der Waals surface area contributed by atoms with Crippen LogP contribution in [0.5, 0.6) is 0 Å². The van der Waals surface area contributed by atoms with E-state index in [0.29, 0.717) is 16.7 Å². The zero-order valence-electron chi connectivity index (χ0n) is 26.9. The van der Waals surface area contributed by atoms with E-state index in [1.807, 2.05) is 26.0 Å². The van der Waals surface area contributed by atoms with E-state index >= 15 is 4.39 Å². The van der Waals surface area contributed by atoms with Crippen molar-refractivity contribution in [1.29, 1.82) is 0 Å². The van der Waals surface area contributed by atoms with Crippen LogP contribution in [0.4, 0.5) is 4.39 Å². The fourth-order valence-corrected chi connectivity index (χ4v) is 6.59. The molecule has 0 radical (unpaired) electrons. The molecule has 0 saturated carbocycles. The van der Waals surface area contributed by atoms with E-state index in [2.05, 4.69) is 15.5 Å². The molecule has 6 rings (SSSR count). The molecule has 1 aliphatic heterocycles. The van der Waals surface area contributed by atoms with Gasteiger partial charge in [-0.1, -0.05) is 67.9 Å². The highest BCUT2D eigenvalue weighted by Crippen LogP contribution is 2.45. The lowest BCUT2D eigenvalue weighted by Gasteiger charge is -2.45. The van der Waals surface area contributed by atoms with Crippen LogP contribution < -0.4 is 5.73 Å². The molecule has 11 nitrogen and oxygen atoms in total. The number of aromatic carboxylic acids is 1. The molecule has 5 aromatic rings. The number of Topliss-reactive ketones (excluding diaryl/α,β-unsaturated/α-hetero) is 1. The van der Waals surface area contributed by atoms with Crippen molar-refractivity contribution in [2.75, 3.05) is 6.54 Å². The molecule has 1 unspecified atom stereocenters. The third kappa shape index (κ3) is 6.52. The van der Waals surface area contributed by atoms with Gasteiger partial charge in [-0.3, -0.25) is 14.4 Å². The van der Waals surface area contributed by atoms with Crippen molar-refractivity contribution in [3.8, 4) is 16.8 Å². The van der Waals surface area contributed by atoms with Crippen molar-refractivity contribution in [3.05, 3.63) is 135 Å². The number of carboxylic acids is 1. The Bertz CT molecular complexity index is 2170. The van der Waals surface area contributed by atoms with E-state index in [-0.39, 0.29) is 40.6 Å². The molecule has 4 aromatic carbocycles. The number of rotatable bonds is 9. The second-order valence-electron chi connectivity index (χ2n) is 12.5. The molecule has 13 heteroatoms. The maximum absolute atomic E-state index is 15.4. The summed E-state index contributed by atoms with van der Waals surface area (Å²) < 4.78 is 16.6. The molecule has 252 valence electrons. The molecule has 1 atom stereocenters. The summed E-state index contributed by atoms with van der Waals surface area (Å²) in [5, 5.41) is 20.2. The van der Waals surface area contributed by atoms with Gasteiger partial charge in [0.25, 0.3) is 0 Å². The number of hydrogen-bond donors (Lipinski definition) is 2. The van der Waals surface area contributed by atoms with Gasteiger partial charge in [0.05, 0.1) is 16.3 Å². The number of fused-ring (bicyclic) bond motifs is 1. The normalized spacial score (nSPS) is 15.1. The number of benzene rings is 4. The van der Waals surface area contributed by atoms with Crippen LogP contribution in [0.3, 0.4) is 0 Å². The quantitative estimate of drug-likeness (QED) is 0.189. The van der Waals surface area contributed by atoms with Crippen molar-refractivity contribution in [2.24, 2.45) is 5.73 Å². The SMILES string of the molecule is CC1(C)CN(C(=O)/C=C/c2c(-n3cnnn3)ccc(Cl)c2F)C(C(=O)Cc2ccc(C(=O)O)cc2)c2cccc(-c3ccc(C(N)=O)cc3)c21. The van der Waals surface area contributed by atoms with Crippen LogP contribution in [-0.4, -0.2) is 60.3 Å². The first kappa shape index (κ1) is 33.9. The number of carboxylic acid groups (broad SMARTS) is 1. The molecule has 50 heavy (non-hydrogen) atoms. The summed E-state index contributed by atoms with van der Waals surface area (Å²) in [4.78, 5) is 53.1. The highest BCUT2D eigenvalue weighted by Gasteiger charge is 2.43. The summed E-state index contributed by atoms with van der Waals surface area (Å²) in [6, 6.07) is 20.2. The third-order valence-corrected chi connectivity index (χ3v) is 8.98. The van der Waals surface area contributed by atoms with Crippen molar-refractivity contribution in [3.63, 3.8) is 0 Å². The fourth-order valence-electron chi connectivity index (χ4n) is 6.42. The predicted molar refractivity (Wildman–Crippen MR) is 183 cm³/mol. The van der Waals surface area contributed by atoms with Crippen LogP contribution in [-0.2, 0) is 21.4 Å². The summed E-state index contributed by atoms with van der Waals surface area (Å²) in [5.41, 5.74) is 9.06. The first-order valence-corrected chi connectivity index (χ1v) is 15.8. The summed E-state index contributed by atoms with van der Waals surface area (Å²) >= 11 is 6.10. The highest BCUT2D eigenvalue weighted by atomic mass is 35.5. The maximum atomic E-state index is 15.4. The summed E-state index contributed by atoms with van der Waals surface area (Å²) in [7, 11) is 0. The molecule has 1 aliphatic rings. The standard InChI is InChI=1S/C37H30ClFN6O5/c1-37(2)19-44(31(47)17-14-26-29(45-20-41-42-43-45)16-15-28(38)33(26)39)34(30(46)18-21-6-8-24(9-7-21)36(49)50)27-5-3-4-25(32(27)37)22-10-12-23(13-11-22)35(40)48/h3-17,20,34H,18-19H2,1-2H3,(H2,40,48)(H,49,50)/b17-14+. The number of amides is 2. The second kappa shape index (κ2) is 13.5. The number of primary amides is 1. The second-order valence-corrected chi connectivity index (χ2v) is 12.9. The summed E-state index contributed by atoms with van der Waals surface area (Å²) in [6.07, 6.45) is 3.66. The van der Waals surface area contributed by atoms with Gasteiger partial charge in [-0.25, -0.2) is 9.18 Å². The van der Waals surface area contributed by atoms with Gasteiger partial charge in [0, 0.05) is 35.6 Å². The van der Waals surface area contributed by atoms with Gasteiger partial charge in [0.2, 0.25) is 11.8 Å². The van der Waals surface area contributed by atoms with E-state index < -0.39 is 35.1 Å². The fraction of sp³-hybridized carbons (Fsp3) is 0.162. The number of hydrogen-bond acceptors (Lipinski definition) is 7. The monoisotopic (exact) mass is 692 g/mol. The van der Waals surface area contributed by atoms with Crippen LogP contribution in [0.1, 0.15) is 62.9 Å². The van der Waals surface area contributed by atoms with Crippen molar-refractivity contribution in [1.82, 2.24) is 25.1 Å². The average molecular weight is 693 g/mol. The Hall–Kier alpha value is -6.01. The third-order valence-electron chi connectivity index (χ3n) is 8.69. The lowest BCUT2D eigenvalue weighted by atomic mass is 9.71. The van der Waals surface area contributed by atoms with Crippen LogP contribution in [0, 0.1) is 5.82 Å². The zero-order valence-corrected chi connectivity index (χ0v) is 27.6. The van der Waals surface area contributed by atoms with Crippen LogP contribution in [0.15, 0.2) is 91.3 Å². The van der Waals surface area contributed by atoms with Crippen LogP contribution >= 0.6 is 11.6 Å². The van der Waals surface area contributed by atoms with Gasteiger partial charge >= 0.3 is 5.97 Å². The summed E-state index contributed by atoms with van der Waals surface area (Å²) in [6.45, 7) is 4.05. The minimum atomic E-state index is -1.09. The molecule has 0 bridgehead atoms. The number of tetrazole rings is 1. The number of carbonyl (C=O) groups excluding carboxylic acids is 3. The molecule has 1 aromatic heterocycles. The Morgan fingerprint density at radius 1 is 1.00 bits per heavy atom. The predicted octanol–water partition coefficient (Wildman–Crippen LogP) is 5.61. The molecule has 0 fully saturated rings. The van der Waals surface area contributed by atoms with E-state index in [0.717, 1.165) is 16.7 Å². The molecule has 2 amide bonds. The molecule has 2 heterocycles. The van der Waals surface area contributed by atoms with Crippen LogP contribution in [0.2, 0.25) is 5.02 Å². The van der Waals surface area contributed by atoms with Gasteiger partial charge in [-0.05, 0) is 80.7 Å². The van der Waals surface area contributed by atoms with E-state index in [1.165, 1.54) is 52.3 Å². The largest absolute Gasteiger partial charge is 0.478 e. The number of halogens is 2. The minimum absolute atomic E-state index is 0.0297. The summed E-state index contributed by atoms with van der Waals surface area (Å²) in [5.74, 6) is -3.29. The van der Waals surface area contributed by atoms with Crippen LogP contribution in [0.25, 0.3) is 22.9 Å². The van der Waals surface area contributed by atoms with E-state index in [4.69, 9.17) is 17.3 Å². The Balaban J connectivity index is 1.44. The average Bonchev–Trinajstić information content (AvgIpc) is 3.63. The lowest BCUT2D eigenvalue weighted by Crippen LogP contribution is -2.50. The maximum Gasteiger partial charge on any atom is 0.335 e. The minimum Gasteiger partial charge on any atom is -0.478 e. The number of nitrogens with zero attached hydrogens (tertiary/aromatic N) is 5. The molecule has 0 saturated heterocycles. The molecule has 3 N–H and O–H groups in total. The number of ketones is 1. The lowest BCUT2D eigenvalue weighted by molar-refractivity contribution is -0.137. The molecular formula is C37H30ClFN6O5. The van der Waals surface area contributed by atoms with Gasteiger partial charge in [0.15, 0.2) is 11.6 Å². The van der Waals surface area contributed by atoms with Gasteiger partial charge < -0.3 is 15.7 Å². The Kier molecular flexibility index (Phi) is 9.13. The molecular weight excluding hydrogens is 663 g/mol. The van der Waals surface area contributed by atoms with E-state index in [1.54, 1.807) is 42.5 Å². The topological polar surface area (TPSA) is 161 Å². The van der Waals surface area contributed by atoms with Gasteiger partial charge in [-0.2, -0.15) is 4.68 Å². The smallest absolute Gasteiger partial charge is 0.335 e. The zero-order chi connectivity index (χ0) is 35.7. The van der Waals surface area contributed by atoms with Gasteiger partial charge in [-0.15, -0.1) is 5.10 Å². The highest BCUT2D eigenvalue weighted by molar-refractivity contribution is 6.31. The van der Waals surface area contributed by atoms with Crippen molar-refractivity contribution >= 4 is 41.2 Å². The number of aromatic nitrogens is 4. The van der Waals surface area contributed by atoms with Crippen molar-refractivity contribution in [2.45, 2.75) is 31.7 Å². The number of carbonyl (C=O) groups is 4. The molecule has 0 spiro atoms. The van der Waals surface area contributed by atoms with Crippen molar-refractivity contribution < 1.29 is 28.7 Å². The molecule has 0 aliphatic carbocycles. The Morgan fingerprint density at radius 3 is 2.34 bits per heavy atom. The first-order valence-electron chi connectivity index (χ1n) is 15.4. The van der Waals surface area contributed by atoms with Gasteiger partial charge in [0.1, 0.15) is 12.4 Å².